The molecule has 9 aromatic carbocycles. The maximum Gasteiger partial charge on any atom is 0.488 e. The Morgan fingerprint density at radius 2 is 0.458 bits per heavy atom. The SMILES string of the molecule is CCCCCCCCn1c(=O)c(-c2ccc(N(c3ccccc3)c3ccccc3)cc2)cc2c1cc(-c1ccc(N(c3ccccc3)c3ccccc3)cc1)c(=O)n2CCCCCCCC.CCCCCCCCn1c(=O)c(Br)cc2c1cc(Br)c(=O)n2CCCCCCCC.OB(O)c1ccc(N(c2ccccc2)c2ccccc2)cc1. The van der Waals surface area contributed by atoms with Gasteiger partial charge in [-0.25, -0.2) is 0 Å². The minimum atomic E-state index is -1.45. The van der Waals surface area contributed by atoms with E-state index in [0.717, 1.165) is 149 Å². The molecule has 118 heavy (non-hydrogen) atoms. The summed E-state index contributed by atoms with van der Waals surface area (Å²) < 4.78 is 8.67. The summed E-state index contributed by atoms with van der Waals surface area (Å²) in [4.78, 5) is 62.4. The molecule has 0 spiro atoms. The highest BCUT2D eigenvalue weighted by Crippen LogP contribution is 2.39. The molecular weight excluding hydrogens is 1590 g/mol. The van der Waals surface area contributed by atoms with Crippen LogP contribution in [0.3, 0.4) is 0 Å². The van der Waals surface area contributed by atoms with Crippen molar-refractivity contribution in [1.82, 2.24) is 18.3 Å². The molecule has 4 aromatic heterocycles. The van der Waals surface area contributed by atoms with Crippen LogP contribution in [0.4, 0.5) is 51.2 Å². The minimum absolute atomic E-state index is 0.0206. The summed E-state index contributed by atoms with van der Waals surface area (Å²) in [5.74, 6) is 0. The molecule has 0 radical (unpaired) electrons. The molecule has 0 saturated heterocycles. The Morgan fingerprint density at radius 3 is 0.695 bits per heavy atom. The van der Waals surface area contributed by atoms with Crippen molar-refractivity contribution < 1.29 is 10.0 Å². The third kappa shape index (κ3) is 24.0. The van der Waals surface area contributed by atoms with Gasteiger partial charge in [0, 0.05) is 88.5 Å². The number of rotatable bonds is 40. The second kappa shape index (κ2) is 46.7. The van der Waals surface area contributed by atoms with E-state index in [9.17, 15) is 19.6 Å². The second-order valence-corrected chi connectivity index (χ2v) is 32.3. The maximum atomic E-state index is 15.1. The van der Waals surface area contributed by atoms with Crippen LogP contribution < -0.4 is 42.4 Å². The van der Waals surface area contributed by atoms with Gasteiger partial charge < -0.3 is 43.0 Å². The number of anilines is 9. The summed E-state index contributed by atoms with van der Waals surface area (Å²) >= 11 is 6.88. The minimum Gasteiger partial charge on any atom is -0.423 e. The van der Waals surface area contributed by atoms with Crippen molar-refractivity contribution in [3.63, 3.8) is 0 Å². The quantitative estimate of drug-likeness (QED) is 0.0284. The first-order valence-corrected chi connectivity index (χ1v) is 44.7. The van der Waals surface area contributed by atoms with E-state index < -0.39 is 7.12 Å². The highest BCUT2D eigenvalue weighted by atomic mass is 79.9. The number of halogens is 2. The molecule has 0 amide bonds. The number of benzene rings is 9. The number of hydrogen-bond donors (Lipinski definition) is 2. The van der Waals surface area contributed by atoms with Gasteiger partial charge >= 0.3 is 7.12 Å². The number of aryl methyl sites for hydroxylation is 4. The lowest BCUT2D eigenvalue weighted by atomic mass is 9.80. The number of aromatic nitrogens is 4. The van der Waals surface area contributed by atoms with Crippen molar-refractivity contribution in [3.8, 4) is 22.3 Å². The number of para-hydroxylation sites is 6. The third-order valence-corrected chi connectivity index (χ3v) is 23.1. The van der Waals surface area contributed by atoms with E-state index in [1.807, 2.05) is 140 Å². The van der Waals surface area contributed by atoms with Crippen molar-refractivity contribution in [3.05, 3.63) is 329 Å². The zero-order chi connectivity index (χ0) is 82.8. The van der Waals surface area contributed by atoms with Gasteiger partial charge in [-0.15, -0.1) is 0 Å². The van der Waals surface area contributed by atoms with Crippen LogP contribution in [-0.4, -0.2) is 35.4 Å². The lowest BCUT2D eigenvalue weighted by Crippen LogP contribution is -2.29. The van der Waals surface area contributed by atoms with Gasteiger partial charge in [0.05, 0.1) is 31.0 Å². The Bertz CT molecular complexity index is 5050. The summed E-state index contributed by atoms with van der Waals surface area (Å²) in [6, 6.07) is 93.1. The van der Waals surface area contributed by atoms with Crippen LogP contribution in [0.5, 0.6) is 0 Å². The number of hydrogen-bond acceptors (Lipinski definition) is 9. The molecule has 0 aliphatic carbocycles. The van der Waals surface area contributed by atoms with Crippen LogP contribution in [0.1, 0.15) is 182 Å². The van der Waals surface area contributed by atoms with Gasteiger partial charge in [-0.2, -0.15) is 0 Å². The van der Waals surface area contributed by atoms with E-state index in [-0.39, 0.29) is 22.2 Å². The number of pyridine rings is 4. The van der Waals surface area contributed by atoms with E-state index in [1.54, 1.807) is 12.1 Å². The molecule has 0 saturated carbocycles. The molecule has 0 unspecified atom stereocenters. The average Bonchev–Trinajstić information content (AvgIpc) is 0.747. The molecule has 13 nitrogen and oxygen atoms in total. The fraction of sp³-hybridized carbons (Fsp3) is 0.314. The van der Waals surface area contributed by atoms with E-state index in [1.165, 1.54) is 89.9 Å². The zero-order valence-electron chi connectivity index (χ0n) is 69.3. The average molecular weight is 1710 g/mol. The van der Waals surface area contributed by atoms with Gasteiger partial charge in [-0.05, 0) is 208 Å². The van der Waals surface area contributed by atoms with Crippen LogP contribution >= 0.6 is 31.9 Å². The van der Waals surface area contributed by atoms with E-state index in [4.69, 9.17) is 0 Å². The molecule has 0 atom stereocenters. The predicted molar refractivity (Wildman–Crippen MR) is 505 cm³/mol. The van der Waals surface area contributed by atoms with Crippen LogP contribution in [0.2, 0.25) is 0 Å². The first-order chi connectivity index (χ1) is 57.8. The lowest BCUT2D eigenvalue weighted by Gasteiger charge is -2.25. The van der Waals surface area contributed by atoms with Gasteiger partial charge in [0.1, 0.15) is 0 Å². The Balaban J connectivity index is 0.000000214. The third-order valence-electron chi connectivity index (χ3n) is 22.0. The van der Waals surface area contributed by atoms with Crippen LogP contribution in [0.25, 0.3) is 44.3 Å². The molecule has 16 heteroatoms. The van der Waals surface area contributed by atoms with Crippen molar-refractivity contribution in [2.75, 3.05) is 14.7 Å². The smallest absolute Gasteiger partial charge is 0.423 e. The Hall–Kier alpha value is -10.4. The highest BCUT2D eigenvalue weighted by Gasteiger charge is 2.23. The molecule has 0 aliphatic rings. The van der Waals surface area contributed by atoms with Crippen LogP contribution in [0.15, 0.2) is 307 Å². The lowest BCUT2D eigenvalue weighted by molar-refractivity contribution is 0.426. The highest BCUT2D eigenvalue weighted by molar-refractivity contribution is 9.10. The summed E-state index contributed by atoms with van der Waals surface area (Å²) in [7, 11) is -1.45. The Labute approximate surface area is 715 Å². The second-order valence-electron chi connectivity index (χ2n) is 30.6. The number of unbranched alkanes of at least 4 members (excludes halogenated alkanes) is 20. The normalized spacial score (nSPS) is 11.1. The largest absolute Gasteiger partial charge is 0.488 e. The standard InChI is InChI=1S/C60H64N4O2.C24H36Br2N2O2.C18H16BNO2/c1-3-5-7-9-11-25-43-61-57-45-56(48-37-41-54(42-38-48)64(51-31-21-15-22-32-51)52-33-23-16-24-34-52)60(66)62(44-26-12-10-8-6-4-2)58(57)46-55(59(61)65)47-35-39-53(40-36-47)63(49-27-17-13-18-28-49)50-29-19-14-20-30-50;1-3-5-7-9-11-13-15-27-21-17-20(26)24(30)28(16-14-12-10-8-6-4-2)22(21)18-19(25)23(27)29;21-19(22)15-11-13-18(14-12-15)20(16-7-3-1-4-8-16)17-9-5-2-6-10-17/h13-24,27-42,45-46H,3-12,25-26,43-44H2,1-2H3;17-18H,3-16H2,1-2H3;1-14,21-22H. The first kappa shape index (κ1) is 88.5. The van der Waals surface area contributed by atoms with E-state index >= 15 is 9.59 Å². The van der Waals surface area contributed by atoms with Gasteiger partial charge in [0.15, 0.2) is 0 Å². The summed E-state index contributed by atoms with van der Waals surface area (Å²) in [5, 5.41) is 18.5. The topological polar surface area (TPSA) is 138 Å². The molecule has 13 aromatic rings. The molecule has 4 heterocycles. The summed E-state index contributed by atoms with van der Waals surface area (Å²) in [6.07, 6.45) is 27.5. The first-order valence-electron chi connectivity index (χ1n) is 43.1. The van der Waals surface area contributed by atoms with Crippen LogP contribution in [0, 0.1) is 0 Å². The molecule has 0 bridgehead atoms. The molecular formula is C102H116BBr2N7O6. The molecule has 13 rings (SSSR count). The van der Waals surface area contributed by atoms with E-state index in [2.05, 4.69) is 220 Å². The summed E-state index contributed by atoms with van der Waals surface area (Å²) in [6.45, 7) is 11.4. The number of nitrogens with zero attached hydrogens (tertiary/aromatic N) is 7. The zero-order valence-corrected chi connectivity index (χ0v) is 72.5. The van der Waals surface area contributed by atoms with Crippen molar-refractivity contribution >= 4 is 118 Å². The molecule has 0 aliphatic heterocycles. The van der Waals surface area contributed by atoms with Crippen molar-refractivity contribution in [2.45, 2.75) is 208 Å². The van der Waals surface area contributed by atoms with Gasteiger partial charge in [-0.3, -0.25) is 19.2 Å². The van der Waals surface area contributed by atoms with Crippen LogP contribution in [-0.2, 0) is 26.2 Å². The molecule has 612 valence electrons. The Morgan fingerprint density at radius 1 is 0.254 bits per heavy atom. The maximum absolute atomic E-state index is 15.1. The summed E-state index contributed by atoms with van der Waals surface area (Å²) in [5.41, 5.74) is 15.8. The monoisotopic (exact) mass is 1700 g/mol. The van der Waals surface area contributed by atoms with Crippen molar-refractivity contribution in [1.29, 1.82) is 0 Å². The van der Waals surface area contributed by atoms with Gasteiger partial charge in [-0.1, -0.05) is 302 Å². The number of fused-ring (bicyclic) bond motifs is 2. The van der Waals surface area contributed by atoms with Gasteiger partial charge in [0.2, 0.25) is 0 Å². The van der Waals surface area contributed by atoms with E-state index in [0.29, 0.717) is 51.7 Å². The molecule has 0 fully saturated rings. The Kier molecular flexibility index (Phi) is 35.0. The fourth-order valence-electron chi connectivity index (χ4n) is 15.6. The van der Waals surface area contributed by atoms with Gasteiger partial charge in [0.25, 0.3) is 22.2 Å². The molecule has 2 N–H and O–H groups in total. The van der Waals surface area contributed by atoms with Crippen molar-refractivity contribution in [2.24, 2.45) is 0 Å². The predicted octanol–water partition coefficient (Wildman–Crippen LogP) is 26.4. The fourth-order valence-corrected chi connectivity index (χ4v) is 16.5.